The molecule has 1 aromatic carbocycles. The molecule has 1 aromatic heterocycles. The Labute approximate surface area is 246 Å². The predicted octanol–water partition coefficient (Wildman–Crippen LogP) is 1.95. The molecular weight excluding hydrogens is 542 g/mol. The van der Waals surface area contributed by atoms with Crippen molar-refractivity contribution in [2.24, 2.45) is 5.92 Å². The Kier molecular flexibility index (Phi) is 11.2. The van der Waals surface area contributed by atoms with Crippen LogP contribution in [0.2, 0.25) is 0 Å². The van der Waals surface area contributed by atoms with Crippen molar-refractivity contribution in [2.45, 2.75) is 57.8 Å². The molecule has 0 aliphatic carbocycles. The first-order valence-corrected chi connectivity index (χ1v) is 15.8. The van der Waals surface area contributed by atoms with Gasteiger partial charge in [-0.3, -0.25) is 19.3 Å². The number of carbonyl (C=O) groups is 3. The number of hydrogen-bond donors (Lipinski definition) is 2. The van der Waals surface area contributed by atoms with E-state index in [2.05, 4.69) is 10.6 Å². The first kappa shape index (κ1) is 31.0. The standard InChI is InChI=1S/C29H43N7O4S/c1-20(2)25-27-32-26(21-9-6-5-7-10-21)33-36(27)15-14-35(29(39)23-19-40-17-16-34(23)3)13-8-11-24(37)30-22(12-18-41-4)28(38)31-25/h5-7,9-10,20,22-23,25H,8,11-19H2,1-4H3,(H,30,37)(H,31,38)/t22-,23+,25+/m0/s1. The van der Waals surface area contributed by atoms with Gasteiger partial charge in [0.15, 0.2) is 11.6 Å². The SMILES string of the molecule is CSCC[C@@H]1NC(=O)CCCN(C(=O)[C@H]2COCCN2C)CCn2nc(-c3ccccc3)nc2[C@@H](C(C)C)NC1=O. The molecule has 3 atom stereocenters. The summed E-state index contributed by atoms with van der Waals surface area (Å²) >= 11 is 1.63. The number of rotatable bonds is 6. The summed E-state index contributed by atoms with van der Waals surface area (Å²) in [6.45, 7) is 6.90. The van der Waals surface area contributed by atoms with Crippen molar-refractivity contribution in [3.05, 3.63) is 36.2 Å². The van der Waals surface area contributed by atoms with Gasteiger partial charge in [0.2, 0.25) is 17.7 Å². The second kappa shape index (κ2) is 14.8. The van der Waals surface area contributed by atoms with Crippen molar-refractivity contribution in [1.82, 2.24) is 35.2 Å². The van der Waals surface area contributed by atoms with Crippen molar-refractivity contribution in [2.75, 3.05) is 51.9 Å². The van der Waals surface area contributed by atoms with Gasteiger partial charge in [-0.1, -0.05) is 44.2 Å². The summed E-state index contributed by atoms with van der Waals surface area (Å²) < 4.78 is 7.46. The number of benzene rings is 1. The zero-order valence-corrected chi connectivity index (χ0v) is 25.4. The number of nitrogens with zero attached hydrogens (tertiary/aromatic N) is 5. The molecule has 2 aliphatic rings. The number of likely N-dealkylation sites (N-methyl/N-ethyl adjacent to an activating group) is 1. The van der Waals surface area contributed by atoms with Crippen molar-refractivity contribution in [3.8, 4) is 11.4 Å². The minimum atomic E-state index is -0.658. The summed E-state index contributed by atoms with van der Waals surface area (Å²) in [4.78, 5) is 48.9. The molecule has 4 rings (SSSR count). The summed E-state index contributed by atoms with van der Waals surface area (Å²) in [5.41, 5.74) is 0.873. The highest BCUT2D eigenvalue weighted by Gasteiger charge is 2.33. The molecule has 1 fully saturated rings. The highest BCUT2D eigenvalue weighted by Crippen LogP contribution is 2.25. The molecule has 2 N–H and O–H groups in total. The van der Waals surface area contributed by atoms with Gasteiger partial charge in [0, 0.05) is 31.6 Å². The number of aromatic nitrogens is 3. The molecule has 224 valence electrons. The third-order valence-corrected chi connectivity index (χ3v) is 8.29. The third-order valence-electron chi connectivity index (χ3n) is 7.64. The molecule has 2 aromatic rings. The Morgan fingerprint density at radius 3 is 2.61 bits per heavy atom. The minimum Gasteiger partial charge on any atom is -0.378 e. The summed E-state index contributed by atoms with van der Waals surface area (Å²) in [5.74, 6) is 1.50. The zero-order valence-electron chi connectivity index (χ0n) is 24.5. The zero-order chi connectivity index (χ0) is 29.4. The van der Waals surface area contributed by atoms with Crippen LogP contribution in [0.25, 0.3) is 11.4 Å². The summed E-state index contributed by atoms with van der Waals surface area (Å²) in [7, 11) is 1.94. The highest BCUT2D eigenvalue weighted by atomic mass is 32.2. The monoisotopic (exact) mass is 585 g/mol. The fraction of sp³-hybridized carbons (Fsp3) is 0.621. The molecule has 0 spiro atoms. The Morgan fingerprint density at radius 2 is 1.90 bits per heavy atom. The van der Waals surface area contributed by atoms with Crippen LogP contribution in [0.3, 0.4) is 0 Å². The van der Waals surface area contributed by atoms with Gasteiger partial charge < -0.3 is 20.3 Å². The third kappa shape index (κ3) is 8.08. The maximum absolute atomic E-state index is 13.7. The summed E-state index contributed by atoms with van der Waals surface area (Å²) in [5, 5.41) is 11.0. The van der Waals surface area contributed by atoms with E-state index in [1.807, 2.05) is 72.0 Å². The van der Waals surface area contributed by atoms with E-state index in [1.165, 1.54) is 0 Å². The van der Waals surface area contributed by atoms with E-state index in [1.54, 1.807) is 11.8 Å². The maximum atomic E-state index is 13.7. The number of thioether (sulfide) groups is 1. The molecule has 0 saturated carbocycles. The number of hydrogen-bond acceptors (Lipinski definition) is 8. The molecule has 0 unspecified atom stereocenters. The van der Waals surface area contributed by atoms with Crippen LogP contribution in [0.1, 0.15) is 45.0 Å². The largest absolute Gasteiger partial charge is 0.378 e. The molecule has 0 bridgehead atoms. The van der Waals surface area contributed by atoms with Crippen molar-refractivity contribution in [1.29, 1.82) is 0 Å². The molecule has 41 heavy (non-hydrogen) atoms. The number of morpholine rings is 1. The van der Waals surface area contributed by atoms with Gasteiger partial charge >= 0.3 is 0 Å². The van der Waals surface area contributed by atoms with Gasteiger partial charge in [-0.15, -0.1) is 0 Å². The van der Waals surface area contributed by atoms with E-state index in [-0.39, 0.29) is 36.1 Å². The van der Waals surface area contributed by atoms with E-state index in [0.717, 1.165) is 11.3 Å². The quantitative estimate of drug-likeness (QED) is 0.528. The van der Waals surface area contributed by atoms with Crippen LogP contribution in [0.4, 0.5) is 0 Å². The van der Waals surface area contributed by atoms with Crippen LogP contribution in [-0.2, 0) is 25.7 Å². The van der Waals surface area contributed by atoms with Gasteiger partial charge in [0.05, 0.1) is 25.8 Å². The second-order valence-electron chi connectivity index (χ2n) is 11.0. The van der Waals surface area contributed by atoms with Crippen LogP contribution in [0.5, 0.6) is 0 Å². The van der Waals surface area contributed by atoms with Crippen LogP contribution >= 0.6 is 11.8 Å². The van der Waals surface area contributed by atoms with Gasteiger partial charge in [0.25, 0.3) is 0 Å². The molecule has 3 amide bonds. The number of amides is 3. The molecule has 1 saturated heterocycles. The smallest absolute Gasteiger partial charge is 0.243 e. The number of fused-ring (bicyclic) bond motifs is 1. The Bertz CT molecular complexity index is 1180. The average molecular weight is 586 g/mol. The first-order valence-electron chi connectivity index (χ1n) is 14.4. The number of carbonyl (C=O) groups excluding carboxylic acids is 3. The fourth-order valence-corrected chi connectivity index (χ4v) is 5.62. The van der Waals surface area contributed by atoms with Crippen LogP contribution in [0.15, 0.2) is 30.3 Å². The predicted molar refractivity (Wildman–Crippen MR) is 159 cm³/mol. The Morgan fingerprint density at radius 1 is 1.12 bits per heavy atom. The summed E-state index contributed by atoms with van der Waals surface area (Å²) in [6, 6.07) is 8.27. The normalized spacial score (nSPS) is 23.4. The van der Waals surface area contributed by atoms with Crippen LogP contribution in [-0.4, -0.2) is 106 Å². The van der Waals surface area contributed by atoms with Crippen LogP contribution < -0.4 is 10.6 Å². The summed E-state index contributed by atoms with van der Waals surface area (Å²) in [6.07, 6.45) is 3.21. The molecular formula is C29H43N7O4S. The highest BCUT2D eigenvalue weighted by molar-refractivity contribution is 7.98. The van der Waals surface area contributed by atoms with E-state index < -0.39 is 12.1 Å². The van der Waals surface area contributed by atoms with Gasteiger partial charge in [0.1, 0.15) is 12.1 Å². The van der Waals surface area contributed by atoms with Crippen LogP contribution in [0, 0.1) is 5.92 Å². The number of nitrogens with one attached hydrogen (secondary N) is 2. The lowest BCUT2D eigenvalue weighted by molar-refractivity contribution is -0.142. The molecule has 3 heterocycles. The van der Waals surface area contributed by atoms with Crippen molar-refractivity contribution in [3.63, 3.8) is 0 Å². The van der Waals surface area contributed by atoms with Crippen molar-refractivity contribution < 1.29 is 19.1 Å². The van der Waals surface area contributed by atoms with Gasteiger partial charge in [-0.25, -0.2) is 9.67 Å². The molecule has 2 aliphatic heterocycles. The Balaban J connectivity index is 1.70. The fourth-order valence-electron chi connectivity index (χ4n) is 5.15. The average Bonchev–Trinajstić information content (AvgIpc) is 3.39. The molecule has 12 heteroatoms. The second-order valence-corrected chi connectivity index (χ2v) is 12.0. The van der Waals surface area contributed by atoms with E-state index in [0.29, 0.717) is 63.9 Å². The maximum Gasteiger partial charge on any atom is 0.243 e. The lowest BCUT2D eigenvalue weighted by atomic mass is 10.0. The van der Waals surface area contributed by atoms with E-state index in [9.17, 15) is 14.4 Å². The lowest BCUT2D eigenvalue weighted by Crippen LogP contribution is -2.54. The topological polar surface area (TPSA) is 122 Å². The van der Waals surface area contributed by atoms with E-state index in [4.69, 9.17) is 14.8 Å². The molecule has 11 nitrogen and oxygen atoms in total. The number of ether oxygens (including phenoxy) is 1. The van der Waals surface area contributed by atoms with Crippen molar-refractivity contribution >= 4 is 29.5 Å². The lowest BCUT2D eigenvalue weighted by Gasteiger charge is -2.35. The first-order chi connectivity index (χ1) is 19.8. The molecule has 0 radical (unpaired) electrons. The van der Waals surface area contributed by atoms with Gasteiger partial charge in [-0.2, -0.15) is 16.9 Å². The van der Waals surface area contributed by atoms with E-state index >= 15 is 0 Å². The minimum absolute atomic E-state index is 0.00102. The Hall–Kier alpha value is -2.96. The van der Waals surface area contributed by atoms with Gasteiger partial charge in [-0.05, 0) is 37.8 Å².